The molecule has 0 aliphatic rings. The van der Waals surface area contributed by atoms with Crippen LogP contribution in [-0.4, -0.2) is 5.91 Å². The molecular weight excluding hydrogens is 260 g/mol. The van der Waals surface area contributed by atoms with Crippen molar-refractivity contribution in [3.63, 3.8) is 0 Å². The van der Waals surface area contributed by atoms with E-state index >= 15 is 0 Å². The van der Waals surface area contributed by atoms with Gasteiger partial charge in [0.05, 0.1) is 0 Å². The second-order valence-electron chi connectivity index (χ2n) is 4.26. The summed E-state index contributed by atoms with van der Waals surface area (Å²) in [5.74, 6) is -0.467. The molecule has 1 amide bonds. The lowest BCUT2D eigenvalue weighted by Crippen LogP contribution is -2.14. The lowest BCUT2D eigenvalue weighted by molar-refractivity contribution is 0.100. The topological polar surface area (TPSA) is 55.1 Å². The van der Waals surface area contributed by atoms with Gasteiger partial charge in [0.1, 0.15) is 0 Å². The van der Waals surface area contributed by atoms with Crippen molar-refractivity contribution in [3.05, 3.63) is 70.2 Å². The van der Waals surface area contributed by atoms with Gasteiger partial charge in [-0.2, -0.15) is 0 Å². The summed E-state index contributed by atoms with van der Waals surface area (Å²) in [6.07, 6.45) is 0. The fourth-order valence-electron chi connectivity index (χ4n) is 1.78. The number of hydrogen-bond donors (Lipinski definition) is 2. The number of halogens is 1. The second-order valence-corrected chi connectivity index (χ2v) is 4.67. The second kappa shape index (κ2) is 6.36. The number of carbonyl (C=O) groups is 1. The molecule has 0 unspecified atom stereocenters. The number of nitrogens with one attached hydrogen (secondary N) is 1. The molecular formula is C15H15ClN2O. The zero-order valence-corrected chi connectivity index (χ0v) is 11.2. The lowest BCUT2D eigenvalue weighted by Gasteiger charge is -2.08. The van der Waals surface area contributed by atoms with E-state index in [4.69, 9.17) is 17.3 Å². The van der Waals surface area contributed by atoms with E-state index in [1.165, 1.54) is 5.56 Å². The number of amides is 1. The molecule has 19 heavy (non-hydrogen) atoms. The van der Waals surface area contributed by atoms with Crippen molar-refractivity contribution in [1.29, 1.82) is 0 Å². The summed E-state index contributed by atoms with van der Waals surface area (Å²) in [5, 5.41) is 3.86. The van der Waals surface area contributed by atoms with Gasteiger partial charge in [0, 0.05) is 23.7 Å². The minimum absolute atomic E-state index is 0.428. The molecule has 4 heteroatoms. The summed E-state index contributed by atoms with van der Waals surface area (Å²) in [5.41, 5.74) is 7.79. The Morgan fingerprint density at radius 3 is 2.47 bits per heavy atom. The van der Waals surface area contributed by atoms with Crippen LogP contribution in [-0.2, 0) is 13.1 Å². The quantitative estimate of drug-likeness (QED) is 0.881. The van der Waals surface area contributed by atoms with Gasteiger partial charge in [0.15, 0.2) is 0 Å². The zero-order chi connectivity index (χ0) is 13.7. The first-order chi connectivity index (χ1) is 9.16. The van der Waals surface area contributed by atoms with E-state index < -0.39 is 5.91 Å². The third-order valence-corrected chi connectivity index (χ3v) is 3.18. The number of nitrogens with two attached hydrogens (primary N) is 1. The minimum Gasteiger partial charge on any atom is -0.366 e. The molecule has 98 valence electrons. The molecule has 0 heterocycles. The molecule has 0 aliphatic heterocycles. The Bertz CT molecular complexity index is 570. The molecule has 0 spiro atoms. The SMILES string of the molecule is NC(=O)c1ccc(CNCc2ccccc2)c(Cl)c1. The maximum atomic E-state index is 11.0. The molecule has 0 aliphatic carbocycles. The molecule has 2 rings (SSSR count). The molecule has 3 N–H and O–H groups in total. The first-order valence-electron chi connectivity index (χ1n) is 5.99. The molecule has 0 atom stereocenters. The first kappa shape index (κ1) is 13.6. The molecule has 0 aromatic heterocycles. The predicted molar refractivity (Wildman–Crippen MR) is 77.0 cm³/mol. The van der Waals surface area contributed by atoms with Crippen molar-refractivity contribution < 1.29 is 4.79 Å². The van der Waals surface area contributed by atoms with Gasteiger partial charge < -0.3 is 11.1 Å². The fourth-order valence-corrected chi connectivity index (χ4v) is 2.03. The highest BCUT2D eigenvalue weighted by Gasteiger charge is 2.05. The van der Waals surface area contributed by atoms with E-state index in [0.717, 1.165) is 12.1 Å². The molecule has 0 bridgehead atoms. The van der Waals surface area contributed by atoms with E-state index in [1.54, 1.807) is 12.1 Å². The summed E-state index contributed by atoms with van der Waals surface area (Å²) in [7, 11) is 0. The van der Waals surface area contributed by atoms with Crippen LogP contribution in [0.3, 0.4) is 0 Å². The summed E-state index contributed by atoms with van der Waals surface area (Å²) in [6, 6.07) is 15.2. The van der Waals surface area contributed by atoms with Crippen LogP contribution in [0.4, 0.5) is 0 Å². The fraction of sp³-hybridized carbons (Fsp3) is 0.133. The largest absolute Gasteiger partial charge is 0.366 e. The van der Waals surface area contributed by atoms with Gasteiger partial charge in [-0.15, -0.1) is 0 Å². The zero-order valence-electron chi connectivity index (χ0n) is 10.4. The molecule has 2 aromatic rings. The van der Waals surface area contributed by atoms with Crippen LogP contribution in [0.25, 0.3) is 0 Å². The van der Waals surface area contributed by atoms with Crippen molar-refractivity contribution >= 4 is 17.5 Å². The minimum atomic E-state index is -0.467. The van der Waals surface area contributed by atoms with Crippen LogP contribution in [0.1, 0.15) is 21.5 Å². The van der Waals surface area contributed by atoms with E-state index in [2.05, 4.69) is 17.4 Å². The van der Waals surface area contributed by atoms with Crippen molar-refractivity contribution in [2.75, 3.05) is 0 Å². The summed E-state index contributed by atoms with van der Waals surface area (Å²) >= 11 is 6.11. The highest BCUT2D eigenvalue weighted by atomic mass is 35.5. The monoisotopic (exact) mass is 274 g/mol. The standard InChI is InChI=1S/C15H15ClN2O/c16-14-8-12(15(17)19)6-7-13(14)10-18-9-11-4-2-1-3-5-11/h1-8,18H,9-10H2,(H2,17,19). The Kier molecular flexibility index (Phi) is 4.55. The Hall–Kier alpha value is -1.84. The third kappa shape index (κ3) is 3.81. The van der Waals surface area contributed by atoms with Gasteiger partial charge in [0.25, 0.3) is 0 Å². The van der Waals surface area contributed by atoms with Crippen LogP contribution >= 0.6 is 11.6 Å². The highest BCUT2D eigenvalue weighted by Crippen LogP contribution is 2.17. The van der Waals surface area contributed by atoms with Crippen molar-refractivity contribution in [3.8, 4) is 0 Å². The summed E-state index contributed by atoms with van der Waals surface area (Å²) in [4.78, 5) is 11.0. The molecule has 0 radical (unpaired) electrons. The smallest absolute Gasteiger partial charge is 0.248 e. The molecule has 3 nitrogen and oxygen atoms in total. The molecule has 0 saturated carbocycles. The van der Waals surface area contributed by atoms with Gasteiger partial charge in [-0.1, -0.05) is 48.0 Å². The Labute approximate surface area is 117 Å². The van der Waals surface area contributed by atoms with Crippen molar-refractivity contribution in [2.45, 2.75) is 13.1 Å². The number of primary amides is 1. The summed E-state index contributed by atoms with van der Waals surface area (Å²) in [6.45, 7) is 1.42. The number of carbonyl (C=O) groups excluding carboxylic acids is 1. The van der Waals surface area contributed by atoms with Crippen LogP contribution in [0.15, 0.2) is 48.5 Å². The van der Waals surface area contributed by atoms with Gasteiger partial charge in [-0.25, -0.2) is 0 Å². The van der Waals surface area contributed by atoms with Crippen LogP contribution in [0.5, 0.6) is 0 Å². The maximum Gasteiger partial charge on any atom is 0.248 e. The van der Waals surface area contributed by atoms with E-state index in [9.17, 15) is 4.79 Å². The van der Waals surface area contributed by atoms with Gasteiger partial charge in [-0.05, 0) is 23.3 Å². The third-order valence-electron chi connectivity index (χ3n) is 2.82. The number of benzene rings is 2. The van der Waals surface area contributed by atoms with Gasteiger partial charge >= 0.3 is 0 Å². The molecule has 0 fully saturated rings. The van der Waals surface area contributed by atoms with Crippen molar-refractivity contribution in [1.82, 2.24) is 5.32 Å². The van der Waals surface area contributed by atoms with Gasteiger partial charge in [-0.3, -0.25) is 4.79 Å². The average Bonchev–Trinajstić information content (AvgIpc) is 2.41. The Morgan fingerprint density at radius 2 is 1.84 bits per heavy atom. The van der Waals surface area contributed by atoms with Crippen LogP contribution in [0, 0.1) is 0 Å². The Morgan fingerprint density at radius 1 is 1.11 bits per heavy atom. The van der Waals surface area contributed by atoms with E-state index in [1.807, 2.05) is 24.3 Å². The average molecular weight is 275 g/mol. The lowest BCUT2D eigenvalue weighted by atomic mass is 10.1. The number of rotatable bonds is 5. The van der Waals surface area contributed by atoms with Gasteiger partial charge in [0.2, 0.25) is 5.91 Å². The van der Waals surface area contributed by atoms with Crippen molar-refractivity contribution in [2.24, 2.45) is 5.73 Å². The normalized spacial score (nSPS) is 10.4. The molecule has 0 saturated heterocycles. The molecule has 2 aromatic carbocycles. The highest BCUT2D eigenvalue weighted by molar-refractivity contribution is 6.31. The Balaban J connectivity index is 1.95. The van der Waals surface area contributed by atoms with Crippen LogP contribution < -0.4 is 11.1 Å². The predicted octanol–water partition coefficient (Wildman–Crippen LogP) is 2.73. The number of hydrogen-bond acceptors (Lipinski definition) is 2. The van der Waals surface area contributed by atoms with Crippen LogP contribution in [0.2, 0.25) is 5.02 Å². The summed E-state index contributed by atoms with van der Waals surface area (Å²) < 4.78 is 0. The van der Waals surface area contributed by atoms with E-state index in [0.29, 0.717) is 17.1 Å². The maximum absolute atomic E-state index is 11.0. The first-order valence-corrected chi connectivity index (χ1v) is 6.37. The van der Waals surface area contributed by atoms with E-state index in [-0.39, 0.29) is 0 Å².